The van der Waals surface area contributed by atoms with Crippen LogP contribution in [0.1, 0.15) is 58.3 Å². The molecule has 116 valence electrons. The van der Waals surface area contributed by atoms with Crippen LogP contribution in [0.4, 0.5) is 0 Å². The van der Waals surface area contributed by atoms with Crippen molar-refractivity contribution >= 4 is 5.91 Å². The smallest absolute Gasteiger partial charge is 0.249 e. The van der Waals surface area contributed by atoms with Crippen LogP contribution in [0.25, 0.3) is 0 Å². The van der Waals surface area contributed by atoms with Crippen LogP contribution in [0.15, 0.2) is 0 Å². The number of carbonyl (C=O) groups excluding carboxylic acids is 1. The second-order valence-electron chi connectivity index (χ2n) is 6.36. The Kier molecular flexibility index (Phi) is 6.80. The molecular formula is C16H30N2O2. The number of piperidine rings is 1. The average Bonchev–Trinajstić information content (AvgIpc) is 2.49. The molecule has 1 amide bonds. The molecule has 1 heterocycles. The van der Waals surface area contributed by atoms with E-state index in [1.807, 2.05) is 6.92 Å². The lowest BCUT2D eigenvalue weighted by atomic mass is 9.95. The topological polar surface area (TPSA) is 50.4 Å². The van der Waals surface area contributed by atoms with Crippen molar-refractivity contribution in [1.82, 2.24) is 10.6 Å². The van der Waals surface area contributed by atoms with Crippen molar-refractivity contribution in [2.24, 2.45) is 5.92 Å². The van der Waals surface area contributed by atoms with Gasteiger partial charge in [-0.2, -0.15) is 0 Å². The number of nitrogens with one attached hydrogen (secondary N) is 2. The Hall–Kier alpha value is -0.610. The first kappa shape index (κ1) is 15.8. The molecule has 2 rings (SSSR count). The fraction of sp³-hybridized carbons (Fsp3) is 0.938. The molecule has 0 bridgehead atoms. The lowest BCUT2D eigenvalue weighted by molar-refractivity contribution is -0.132. The van der Waals surface area contributed by atoms with Gasteiger partial charge in [-0.25, -0.2) is 0 Å². The van der Waals surface area contributed by atoms with Gasteiger partial charge in [0.15, 0.2) is 0 Å². The van der Waals surface area contributed by atoms with E-state index in [1.165, 1.54) is 32.1 Å². The molecule has 1 saturated heterocycles. The van der Waals surface area contributed by atoms with E-state index in [9.17, 15) is 4.79 Å². The minimum Gasteiger partial charge on any atom is -0.369 e. The summed E-state index contributed by atoms with van der Waals surface area (Å²) in [5.74, 6) is 0.788. The van der Waals surface area contributed by atoms with Crippen molar-refractivity contribution < 1.29 is 9.53 Å². The van der Waals surface area contributed by atoms with Gasteiger partial charge in [0, 0.05) is 12.6 Å². The maximum absolute atomic E-state index is 12.0. The number of ether oxygens (including phenoxy) is 1. The summed E-state index contributed by atoms with van der Waals surface area (Å²) in [6.07, 6.45) is 9.37. The molecule has 2 N–H and O–H groups in total. The summed E-state index contributed by atoms with van der Waals surface area (Å²) in [4.78, 5) is 12.0. The number of hydrogen-bond acceptors (Lipinski definition) is 3. The molecule has 0 radical (unpaired) electrons. The maximum Gasteiger partial charge on any atom is 0.249 e. The van der Waals surface area contributed by atoms with Gasteiger partial charge < -0.3 is 15.4 Å². The third kappa shape index (κ3) is 5.41. The molecule has 0 spiro atoms. The zero-order valence-corrected chi connectivity index (χ0v) is 12.8. The van der Waals surface area contributed by atoms with Crippen LogP contribution in [0.2, 0.25) is 0 Å². The van der Waals surface area contributed by atoms with Gasteiger partial charge in [0.25, 0.3) is 0 Å². The molecular weight excluding hydrogens is 252 g/mol. The van der Waals surface area contributed by atoms with Gasteiger partial charge in [0.1, 0.15) is 6.10 Å². The highest BCUT2D eigenvalue weighted by atomic mass is 16.5. The van der Waals surface area contributed by atoms with Gasteiger partial charge in [0.05, 0.1) is 0 Å². The third-order valence-electron chi connectivity index (χ3n) is 4.61. The lowest BCUT2D eigenvalue weighted by Crippen LogP contribution is -2.42. The molecule has 1 saturated carbocycles. The highest BCUT2D eigenvalue weighted by molar-refractivity contribution is 5.80. The first-order valence-electron chi connectivity index (χ1n) is 8.38. The fourth-order valence-corrected chi connectivity index (χ4v) is 3.22. The Bertz CT molecular complexity index is 284. The average molecular weight is 282 g/mol. The molecule has 1 aliphatic heterocycles. The van der Waals surface area contributed by atoms with Crippen molar-refractivity contribution in [2.75, 3.05) is 19.7 Å². The van der Waals surface area contributed by atoms with Crippen LogP contribution < -0.4 is 10.6 Å². The van der Waals surface area contributed by atoms with Crippen LogP contribution in [0, 0.1) is 5.92 Å². The van der Waals surface area contributed by atoms with Crippen LogP contribution in [-0.4, -0.2) is 37.7 Å². The highest BCUT2D eigenvalue weighted by Crippen LogP contribution is 2.18. The first-order valence-corrected chi connectivity index (χ1v) is 8.38. The molecule has 4 nitrogen and oxygen atoms in total. The van der Waals surface area contributed by atoms with Crippen molar-refractivity contribution in [2.45, 2.75) is 70.4 Å². The van der Waals surface area contributed by atoms with E-state index in [2.05, 4.69) is 10.6 Å². The second kappa shape index (κ2) is 8.63. The predicted molar refractivity (Wildman–Crippen MR) is 80.6 cm³/mol. The van der Waals surface area contributed by atoms with E-state index >= 15 is 0 Å². The molecule has 0 aromatic rings. The molecule has 2 unspecified atom stereocenters. The SMILES string of the molecule is CC(OCCC1CCCNC1)C(=O)NC1CCCCC1. The van der Waals surface area contributed by atoms with Crippen molar-refractivity contribution in [3.63, 3.8) is 0 Å². The van der Waals surface area contributed by atoms with Crippen molar-refractivity contribution in [3.8, 4) is 0 Å². The Balaban J connectivity index is 1.58. The van der Waals surface area contributed by atoms with Crippen LogP contribution >= 0.6 is 0 Å². The van der Waals surface area contributed by atoms with Gasteiger partial charge in [0.2, 0.25) is 5.91 Å². The summed E-state index contributed by atoms with van der Waals surface area (Å²) < 4.78 is 5.71. The first-order chi connectivity index (χ1) is 9.75. The largest absolute Gasteiger partial charge is 0.369 e. The van der Waals surface area contributed by atoms with E-state index in [0.717, 1.165) is 38.3 Å². The van der Waals surface area contributed by atoms with Crippen LogP contribution in [-0.2, 0) is 9.53 Å². The van der Waals surface area contributed by atoms with Gasteiger partial charge in [-0.15, -0.1) is 0 Å². The minimum atomic E-state index is -0.312. The van der Waals surface area contributed by atoms with Gasteiger partial charge in [-0.05, 0) is 58.0 Å². The molecule has 4 heteroatoms. The van der Waals surface area contributed by atoms with Crippen LogP contribution in [0.3, 0.4) is 0 Å². The molecule has 2 aliphatic rings. The zero-order valence-electron chi connectivity index (χ0n) is 12.8. The Morgan fingerprint density at radius 3 is 2.75 bits per heavy atom. The van der Waals surface area contributed by atoms with E-state index < -0.39 is 0 Å². The van der Waals surface area contributed by atoms with E-state index in [-0.39, 0.29) is 12.0 Å². The maximum atomic E-state index is 12.0. The summed E-state index contributed by atoms with van der Waals surface area (Å²) >= 11 is 0. The monoisotopic (exact) mass is 282 g/mol. The van der Waals surface area contributed by atoms with Crippen molar-refractivity contribution in [3.05, 3.63) is 0 Å². The van der Waals surface area contributed by atoms with E-state index in [4.69, 9.17) is 4.74 Å². The van der Waals surface area contributed by atoms with E-state index in [0.29, 0.717) is 12.6 Å². The normalized spacial score (nSPS) is 26.1. The summed E-state index contributed by atoms with van der Waals surface area (Å²) in [6, 6.07) is 0.379. The third-order valence-corrected chi connectivity index (χ3v) is 4.61. The summed E-state index contributed by atoms with van der Waals surface area (Å²) in [5, 5.41) is 6.55. The van der Waals surface area contributed by atoms with Gasteiger partial charge in [-0.1, -0.05) is 19.3 Å². The Morgan fingerprint density at radius 2 is 2.05 bits per heavy atom. The number of hydrogen-bond donors (Lipinski definition) is 2. The number of carbonyl (C=O) groups is 1. The highest BCUT2D eigenvalue weighted by Gasteiger charge is 2.20. The molecule has 2 atom stereocenters. The molecule has 20 heavy (non-hydrogen) atoms. The number of rotatable bonds is 6. The van der Waals surface area contributed by atoms with Gasteiger partial charge in [-0.3, -0.25) is 4.79 Å². The Morgan fingerprint density at radius 1 is 1.25 bits per heavy atom. The second-order valence-corrected chi connectivity index (χ2v) is 6.36. The van der Waals surface area contributed by atoms with Gasteiger partial charge >= 0.3 is 0 Å². The van der Waals surface area contributed by atoms with Crippen molar-refractivity contribution in [1.29, 1.82) is 0 Å². The Labute approximate surface area is 123 Å². The molecule has 0 aromatic heterocycles. The lowest BCUT2D eigenvalue weighted by Gasteiger charge is -2.25. The zero-order chi connectivity index (χ0) is 14.2. The molecule has 0 aromatic carbocycles. The molecule has 2 fully saturated rings. The van der Waals surface area contributed by atoms with E-state index in [1.54, 1.807) is 0 Å². The van der Waals surface area contributed by atoms with Crippen LogP contribution in [0.5, 0.6) is 0 Å². The quantitative estimate of drug-likeness (QED) is 0.785. The molecule has 1 aliphatic carbocycles. The standard InChI is InChI=1S/C16H30N2O2/c1-13(16(19)18-15-7-3-2-4-8-15)20-11-9-14-6-5-10-17-12-14/h13-15,17H,2-12H2,1H3,(H,18,19). The summed E-state index contributed by atoms with van der Waals surface area (Å²) in [5.41, 5.74) is 0. The number of amides is 1. The predicted octanol–water partition coefficient (Wildman–Crippen LogP) is 2.23. The summed E-state index contributed by atoms with van der Waals surface area (Å²) in [6.45, 7) is 4.83. The minimum absolute atomic E-state index is 0.0682. The summed E-state index contributed by atoms with van der Waals surface area (Å²) in [7, 11) is 0. The fourth-order valence-electron chi connectivity index (χ4n) is 3.22.